The molecular weight excluding hydrogens is 588 g/mol. The second kappa shape index (κ2) is 13.4. The number of aliphatic hydroxyl groups is 1. The maximum absolute atomic E-state index is 14.3. The molecule has 4 N–H and O–H groups in total. The lowest BCUT2D eigenvalue weighted by Crippen LogP contribution is -2.67. The Bertz CT molecular complexity index is 1210. The molecule has 5 aliphatic carbocycles. The van der Waals surface area contributed by atoms with Crippen LogP contribution < -0.4 is 10.6 Å². The molecule has 47 heavy (non-hydrogen) atoms. The minimum absolute atomic E-state index is 0.0413. The second-order valence-corrected chi connectivity index (χ2v) is 18.1. The van der Waals surface area contributed by atoms with Crippen LogP contribution in [0.1, 0.15) is 144 Å². The van der Waals surface area contributed by atoms with Crippen LogP contribution in [0.25, 0.3) is 0 Å². The Morgan fingerprint density at radius 2 is 1.47 bits per heavy atom. The van der Waals surface area contributed by atoms with E-state index in [4.69, 9.17) is 5.11 Å². The van der Waals surface area contributed by atoms with E-state index in [-0.39, 0.29) is 58.0 Å². The van der Waals surface area contributed by atoms with Crippen molar-refractivity contribution >= 4 is 17.8 Å². The number of nitrogens with one attached hydrogen (secondary N) is 2. The average Bonchev–Trinajstić information content (AvgIpc) is 3.40. The summed E-state index contributed by atoms with van der Waals surface area (Å²) >= 11 is 0. The smallest absolute Gasteiger partial charge is 0.305 e. The third-order valence-electron chi connectivity index (χ3n) is 15.8. The topological polar surface area (TPSA) is 116 Å². The summed E-state index contributed by atoms with van der Waals surface area (Å²) in [5, 5.41) is 25.9. The van der Waals surface area contributed by atoms with Crippen LogP contribution >= 0.6 is 0 Å². The lowest BCUT2D eigenvalue weighted by atomic mass is 9.32. The number of hydrogen-bond acceptors (Lipinski definition) is 4. The normalized spacial score (nSPS) is 41.9. The van der Waals surface area contributed by atoms with Crippen molar-refractivity contribution in [2.45, 2.75) is 150 Å². The van der Waals surface area contributed by atoms with Crippen LogP contribution in [-0.4, -0.2) is 47.2 Å². The molecule has 0 aliphatic heterocycles. The Hall–Kier alpha value is -1.89. The molecular formula is C40H66N2O5. The number of aliphatic hydroxyl groups excluding tert-OH is 1. The average molecular weight is 655 g/mol. The van der Waals surface area contributed by atoms with Gasteiger partial charge in [0.05, 0.1) is 17.9 Å². The highest BCUT2D eigenvalue weighted by Gasteiger charge is 2.71. The number of unbranched alkanes of at least 4 members (excludes halogenated alkanes) is 3. The Labute approximate surface area is 284 Å². The zero-order chi connectivity index (χ0) is 34.4. The summed E-state index contributed by atoms with van der Waals surface area (Å²) in [6.07, 6.45) is 14.8. The number of amides is 2. The number of aliphatic carboxylic acids is 1. The lowest BCUT2D eigenvalue weighted by molar-refractivity contribution is -0.246. The number of carboxylic acids is 1. The van der Waals surface area contributed by atoms with Crippen molar-refractivity contribution in [3.8, 4) is 0 Å². The minimum Gasteiger partial charge on any atom is -0.481 e. The van der Waals surface area contributed by atoms with Crippen LogP contribution in [0.15, 0.2) is 12.2 Å². The van der Waals surface area contributed by atoms with Crippen molar-refractivity contribution in [1.82, 2.24) is 10.6 Å². The maximum atomic E-state index is 14.3. The van der Waals surface area contributed by atoms with E-state index < -0.39 is 5.97 Å². The van der Waals surface area contributed by atoms with Crippen LogP contribution in [0.4, 0.5) is 0 Å². The number of hydrogen-bond donors (Lipinski definition) is 4. The fourth-order valence-corrected chi connectivity index (χ4v) is 13.1. The summed E-state index contributed by atoms with van der Waals surface area (Å²) in [5.74, 6) is 1.78. The van der Waals surface area contributed by atoms with Gasteiger partial charge in [-0.05, 0) is 135 Å². The Morgan fingerprint density at radius 3 is 2.17 bits per heavy atom. The Kier molecular flexibility index (Phi) is 10.4. The molecule has 0 aromatic carbocycles. The number of carbonyl (C=O) groups is 3. The number of carbonyl (C=O) groups excluding carboxylic acids is 2. The zero-order valence-corrected chi connectivity index (χ0v) is 30.5. The van der Waals surface area contributed by atoms with Gasteiger partial charge in [0, 0.05) is 19.5 Å². The van der Waals surface area contributed by atoms with Gasteiger partial charge in [0.2, 0.25) is 11.8 Å². The van der Waals surface area contributed by atoms with E-state index in [0.717, 1.165) is 64.2 Å². The second-order valence-electron chi connectivity index (χ2n) is 18.1. The van der Waals surface area contributed by atoms with Crippen molar-refractivity contribution in [2.75, 3.05) is 13.1 Å². The standard InChI is InChI=1S/C40H66N2O5/c1-26(2)27-15-21-40(35(47)42-24-11-9-8-10-12-32(44)41-25-18-33(45)46)23-22-38(6)28(34(27)40)13-14-30-37(5)19-17-31(43)36(3,4)29(37)16-20-39(30,38)7/h27-31,34,43H,1,8-25H2,2-7H3,(H,41,44)(H,42,47)(H,45,46)/t27-,28+,29-,30+,31-,34+,37-,38+,39+,40-/m0/s1. The molecule has 0 unspecified atom stereocenters. The van der Waals surface area contributed by atoms with Gasteiger partial charge in [0.25, 0.3) is 0 Å². The van der Waals surface area contributed by atoms with Gasteiger partial charge in [-0.15, -0.1) is 0 Å². The molecule has 2 amide bonds. The molecule has 0 spiro atoms. The summed E-state index contributed by atoms with van der Waals surface area (Å²) in [6.45, 7) is 20.1. The van der Waals surface area contributed by atoms with Gasteiger partial charge < -0.3 is 20.8 Å². The third kappa shape index (κ3) is 6.11. The molecule has 266 valence electrons. The molecule has 0 aromatic rings. The van der Waals surface area contributed by atoms with Crippen molar-refractivity contribution < 1.29 is 24.6 Å². The molecule has 7 nitrogen and oxygen atoms in total. The van der Waals surface area contributed by atoms with Crippen LogP contribution in [0.5, 0.6) is 0 Å². The van der Waals surface area contributed by atoms with Gasteiger partial charge in [-0.2, -0.15) is 0 Å². The van der Waals surface area contributed by atoms with Crippen molar-refractivity contribution in [1.29, 1.82) is 0 Å². The summed E-state index contributed by atoms with van der Waals surface area (Å²) < 4.78 is 0. The van der Waals surface area contributed by atoms with Gasteiger partial charge in [-0.1, -0.05) is 59.6 Å². The summed E-state index contributed by atoms with van der Waals surface area (Å²) in [7, 11) is 0. The van der Waals surface area contributed by atoms with Gasteiger partial charge in [-0.25, -0.2) is 0 Å². The highest BCUT2D eigenvalue weighted by molar-refractivity contribution is 5.84. The Morgan fingerprint density at radius 1 is 0.745 bits per heavy atom. The number of allylic oxidation sites excluding steroid dienone is 1. The Balaban J connectivity index is 1.24. The highest BCUT2D eigenvalue weighted by atomic mass is 16.4. The van der Waals surface area contributed by atoms with E-state index in [0.29, 0.717) is 42.6 Å². The van der Waals surface area contributed by atoms with E-state index in [9.17, 15) is 19.5 Å². The summed E-state index contributed by atoms with van der Waals surface area (Å²) in [4.78, 5) is 36.9. The lowest BCUT2D eigenvalue weighted by Gasteiger charge is -2.72. The van der Waals surface area contributed by atoms with Gasteiger partial charge >= 0.3 is 5.97 Å². The predicted octanol–water partition coefficient (Wildman–Crippen LogP) is 7.66. The molecule has 5 saturated carbocycles. The molecule has 5 rings (SSSR count). The first kappa shape index (κ1) is 36.4. The van der Waals surface area contributed by atoms with E-state index >= 15 is 0 Å². The van der Waals surface area contributed by atoms with E-state index in [2.05, 4.69) is 58.8 Å². The molecule has 0 saturated heterocycles. The van der Waals surface area contributed by atoms with Gasteiger partial charge in [0.15, 0.2) is 0 Å². The van der Waals surface area contributed by atoms with Crippen LogP contribution in [0, 0.1) is 56.7 Å². The van der Waals surface area contributed by atoms with E-state index in [1.165, 1.54) is 31.3 Å². The fraction of sp³-hybridized carbons (Fsp3) is 0.875. The van der Waals surface area contributed by atoms with Crippen molar-refractivity contribution in [3.05, 3.63) is 12.2 Å². The van der Waals surface area contributed by atoms with Gasteiger partial charge in [-0.3, -0.25) is 14.4 Å². The molecule has 10 atom stereocenters. The monoisotopic (exact) mass is 654 g/mol. The molecule has 0 bridgehead atoms. The van der Waals surface area contributed by atoms with Gasteiger partial charge in [0.1, 0.15) is 0 Å². The predicted molar refractivity (Wildman–Crippen MR) is 186 cm³/mol. The SMILES string of the molecule is C=C(C)[C@@H]1CC[C@]2(C(=O)NCCCCCCC(=O)NCCC(=O)O)CC[C@]3(C)[C@H](CC[C@@H]4[C@@]5(C)CC[C@H](O)C(C)(C)[C@@H]5CC[C@]43C)[C@@H]12. The zero-order valence-electron chi connectivity index (χ0n) is 30.5. The van der Waals surface area contributed by atoms with Crippen molar-refractivity contribution in [3.63, 3.8) is 0 Å². The maximum Gasteiger partial charge on any atom is 0.305 e. The number of fused-ring (bicyclic) bond motifs is 7. The summed E-state index contributed by atoms with van der Waals surface area (Å²) in [6, 6.07) is 0. The number of carboxylic acid groups (broad SMARTS) is 1. The molecule has 7 heteroatoms. The first-order chi connectivity index (χ1) is 22.0. The van der Waals surface area contributed by atoms with Crippen molar-refractivity contribution in [2.24, 2.45) is 56.7 Å². The quantitative estimate of drug-likeness (QED) is 0.127. The molecule has 5 aliphatic rings. The first-order valence-electron chi connectivity index (χ1n) is 19.1. The summed E-state index contributed by atoms with van der Waals surface area (Å²) in [5.41, 5.74) is 1.59. The number of rotatable bonds is 12. The third-order valence-corrected chi connectivity index (χ3v) is 15.8. The van der Waals surface area contributed by atoms with Crippen LogP contribution in [-0.2, 0) is 14.4 Å². The minimum atomic E-state index is -0.905. The fourth-order valence-electron chi connectivity index (χ4n) is 13.1. The highest BCUT2D eigenvalue weighted by Crippen LogP contribution is 2.77. The van der Waals surface area contributed by atoms with E-state index in [1.54, 1.807) is 0 Å². The van der Waals surface area contributed by atoms with Crippen LogP contribution in [0.2, 0.25) is 0 Å². The van der Waals surface area contributed by atoms with E-state index in [1.807, 2.05) is 0 Å². The first-order valence-corrected chi connectivity index (χ1v) is 19.1. The molecule has 0 heterocycles. The molecule has 0 aromatic heterocycles. The molecule has 5 fully saturated rings. The largest absolute Gasteiger partial charge is 0.481 e. The van der Waals surface area contributed by atoms with Crippen LogP contribution in [0.3, 0.4) is 0 Å². The molecule has 0 radical (unpaired) electrons.